The molecule has 0 radical (unpaired) electrons. The first-order valence-corrected chi connectivity index (χ1v) is 21.9. The predicted molar refractivity (Wildman–Crippen MR) is 239 cm³/mol. The van der Waals surface area contributed by atoms with Crippen LogP contribution in [-0.2, 0) is 47.9 Å². The number of guanidine groups is 1. The lowest BCUT2D eigenvalue weighted by Gasteiger charge is -2.30. The van der Waals surface area contributed by atoms with Gasteiger partial charge in [-0.3, -0.25) is 52.9 Å². The maximum atomic E-state index is 14.1. The van der Waals surface area contributed by atoms with Crippen molar-refractivity contribution in [1.82, 2.24) is 37.2 Å². The number of nitrogens with zero attached hydrogens (tertiary/aromatic N) is 1. The number of aliphatic imine (C=N–C) groups is 1. The van der Waals surface area contributed by atoms with Crippen LogP contribution in [-0.4, -0.2) is 131 Å². The first-order chi connectivity index (χ1) is 30.3. The molecule has 0 aromatic carbocycles. The van der Waals surface area contributed by atoms with E-state index in [0.717, 1.165) is 0 Å². The normalized spacial score (nSPS) is 14.7. The standard InChI is InChI=1S/C41H74N12O12/c1-8-23(6)33(40(65)48-25(34(43)59)14-16-30(55)56)53-39(64)32(22(4)5)52-37(62)27(13-11-19-46-41(44)45)49-38(63)29(20-21(2)3)51-36(61)28(15-17-31(57)58)50-35(60)26(47-24(7)54)12-9-10-18-42/h21-23,25-29,32-33H,8-20,42H2,1-7H3,(H2,43,59)(H,47,54)(H,48,65)(H,49,63)(H,50,60)(H,51,61)(H,52,62)(H,53,64)(H,55,56)(H,57,58)(H4,44,45,46)/t23-,25-,26-,27-,28-,29-,32-,33-/m0/s1. The van der Waals surface area contributed by atoms with Crippen LogP contribution < -0.4 is 60.2 Å². The zero-order valence-corrected chi connectivity index (χ0v) is 38.7. The molecule has 0 aliphatic carbocycles. The van der Waals surface area contributed by atoms with Crippen LogP contribution in [0, 0.1) is 17.8 Å². The van der Waals surface area contributed by atoms with Gasteiger partial charge in [0.1, 0.15) is 42.3 Å². The average Bonchev–Trinajstić information content (AvgIpc) is 3.20. The largest absolute Gasteiger partial charge is 0.481 e. The molecule has 0 aromatic heterocycles. The van der Waals surface area contributed by atoms with E-state index in [1.807, 2.05) is 0 Å². The van der Waals surface area contributed by atoms with E-state index in [0.29, 0.717) is 25.8 Å². The summed E-state index contributed by atoms with van der Waals surface area (Å²) in [7, 11) is 0. The Labute approximate surface area is 380 Å². The van der Waals surface area contributed by atoms with Crippen molar-refractivity contribution in [2.45, 2.75) is 161 Å². The molecular weight excluding hydrogens is 853 g/mol. The van der Waals surface area contributed by atoms with Crippen molar-refractivity contribution < 1.29 is 58.2 Å². The molecule has 8 amide bonds. The molecule has 0 aromatic rings. The molecule has 0 bridgehead atoms. The zero-order valence-electron chi connectivity index (χ0n) is 38.7. The van der Waals surface area contributed by atoms with Gasteiger partial charge in [0.15, 0.2) is 5.96 Å². The van der Waals surface area contributed by atoms with Crippen molar-refractivity contribution >= 4 is 65.2 Å². The molecule has 8 atom stereocenters. The van der Waals surface area contributed by atoms with Gasteiger partial charge >= 0.3 is 11.9 Å². The number of carboxylic acids is 2. The number of carbonyl (C=O) groups excluding carboxylic acids is 8. The number of carbonyl (C=O) groups is 10. The highest BCUT2D eigenvalue weighted by Gasteiger charge is 2.36. The highest BCUT2D eigenvalue weighted by atomic mass is 16.4. The number of carboxylic acid groups (broad SMARTS) is 2. The maximum Gasteiger partial charge on any atom is 0.303 e. The Kier molecular flexibility index (Phi) is 28.0. The number of unbranched alkanes of at least 4 members (excludes halogenated alkanes) is 1. The van der Waals surface area contributed by atoms with Crippen LogP contribution in [0.5, 0.6) is 0 Å². The second-order valence-electron chi connectivity index (χ2n) is 16.7. The first-order valence-electron chi connectivity index (χ1n) is 21.9. The zero-order chi connectivity index (χ0) is 50.0. The Morgan fingerprint density at radius 2 is 0.969 bits per heavy atom. The molecule has 0 aliphatic heterocycles. The summed E-state index contributed by atoms with van der Waals surface area (Å²) >= 11 is 0. The van der Waals surface area contributed by atoms with Gasteiger partial charge in [0.05, 0.1) is 0 Å². The predicted octanol–water partition coefficient (Wildman–Crippen LogP) is -2.45. The lowest BCUT2D eigenvalue weighted by Crippen LogP contribution is -2.61. The van der Waals surface area contributed by atoms with E-state index in [-0.39, 0.29) is 56.9 Å². The number of amides is 8. The molecule has 0 unspecified atom stereocenters. The topological polar surface area (TPSA) is 412 Å². The number of nitrogens with one attached hydrogen (secondary N) is 7. The monoisotopic (exact) mass is 927 g/mol. The second kappa shape index (κ2) is 30.9. The van der Waals surface area contributed by atoms with Crippen molar-refractivity contribution in [3.05, 3.63) is 0 Å². The minimum absolute atomic E-state index is 0.0239. The summed E-state index contributed by atoms with van der Waals surface area (Å²) in [6, 6.07) is -9.08. The van der Waals surface area contributed by atoms with E-state index >= 15 is 0 Å². The fourth-order valence-electron chi connectivity index (χ4n) is 6.38. The second-order valence-corrected chi connectivity index (χ2v) is 16.7. The van der Waals surface area contributed by atoms with Crippen molar-refractivity contribution in [2.75, 3.05) is 13.1 Å². The van der Waals surface area contributed by atoms with Gasteiger partial charge in [0.25, 0.3) is 0 Å². The van der Waals surface area contributed by atoms with Crippen molar-refractivity contribution in [3.63, 3.8) is 0 Å². The molecule has 0 rings (SSSR count). The molecule has 24 nitrogen and oxygen atoms in total. The molecule has 0 heterocycles. The summed E-state index contributed by atoms with van der Waals surface area (Å²) in [5, 5.41) is 36.4. The van der Waals surface area contributed by atoms with Crippen LogP contribution >= 0.6 is 0 Å². The lowest BCUT2D eigenvalue weighted by molar-refractivity contribution is -0.139. The quantitative estimate of drug-likeness (QED) is 0.0185. The molecule has 0 saturated heterocycles. The summed E-state index contributed by atoms with van der Waals surface area (Å²) in [5.41, 5.74) is 21.9. The fourth-order valence-corrected chi connectivity index (χ4v) is 6.38. The Morgan fingerprint density at radius 3 is 1.43 bits per heavy atom. The van der Waals surface area contributed by atoms with Gasteiger partial charge in [-0.05, 0) is 75.7 Å². The van der Waals surface area contributed by atoms with E-state index in [1.54, 1.807) is 41.5 Å². The van der Waals surface area contributed by atoms with Crippen LogP contribution in [0.3, 0.4) is 0 Å². The summed E-state index contributed by atoms with van der Waals surface area (Å²) in [6.07, 6.45) is 0.0118. The SMILES string of the molecule is CC[C@H](C)[C@H](NC(=O)[C@@H](NC(=O)[C@H](CCCN=C(N)N)NC(=O)[C@H](CC(C)C)NC(=O)[C@H](CCC(=O)O)NC(=O)[C@H](CCCCN)NC(C)=O)C(C)C)C(=O)N[C@@H](CCC(=O)O)C(N)=O. The minimum Gasteiger partial charge on any atom is -0.481 e. The Bertz CT molecular complexity index is 1660. The highest BCUT2D eigenvalue weighted by molar-refractivity contribution is 5.97. The van der Waals surface area contributed by atoms with Gasteiger partial charge in [-0.1, -0.05) is 48.0 Å². The van der Waals surface area contributed by atoms with Crippen LogP contribution in [0.1, 0.15) is 119 Å². The van der Waals surface area contributed by atoms with E-state index in [4.69, 9.17) is 28.0 Å². The van der Waals surface area contributed by atoms with Crippen molar-refractivity contribution in [2.24, 2.45) is 45.7 Å². The number of rotatable bonds is 33. The van der Waals surface area contributed by atoms with Crippen LogP contribution in [0.2, 0.25) is 0 Å². The molecule has 0 aliphatic rings. The van der Waals surface area contributed by atoms with Gasteiger partial charge in [-0.15, -0.1) is 0 Å². The van der Waals surface area contributed by atoms with E-state index in [2.05, 4.69) is 42.2 Å². The molecule has 0 spiro atoms. The molecule has 0 saturated carbocycles. The van der Waals surface area contributed by atoms with E-state index in [1.165, 1.54) is 6.92 Å². The van der Waals surface area contributed by atoms with Crippen molar-refractivity contribution in [3.8, 4) is 0 Å². The fraction of sp³-hybridized carbons (Fsp3) is 0.732. The van der Waals surface area contributed by atoms with Gasteiger partial charge in [0.2, 0.25) is 47.3 Å². The maximum absolute atomic E-state index is 14.1. The number of aliphatic carboxylic acids is 2. The molecule has 17 N–H and O–H groups in total. The Hall–Kier alpha value is -6.07. The number of hydrogen-bond acceptors (Lipinski definition) is 12. The van der Waals surface area contributed by atoms with Crippen LogP contribution in [0.15, 0.2) is 4.99 Å². The number of primary amides is 1. The third-order valence-corrected chi connectivity index (χ3v) is 10.2. The van der Waals surface area contributed by atoms with E-state index in [9.17, 15) is 53.1 Å². The highest BCUT2D eigenvalue weighted by Crippen LogP contribution is 2.14. The molecule has 0 fully saturated rings. The smallest absolute Gasteiger partial charge is 0.303 e. The molecule has 65 heavy (non-hydrogen) atoms. The van der Waals surface area contributed by atoms with Gasteiger partial charge in [-0.25, -0.2) is 0 Å². The summed E-state index contributed by atoms with van der Waals surface area (Å²) < 4.78 is 0. The molecule has 370 valence electrons. The van der Waals surface area contributed by atoms with Gasteiger partial charge < -0.3 is 70.4 Å². The number of hydrogen-bond donors (Lipinski definition) is 13. The van der Waals surface area contributed by atoms with Gasteiger partial charge in [-0.2, -0.15) is 0 Å². The first kappa shape index (κ1) is 58.9. The third-order valence-electron chi connectivity index (χ3n) is 10.2. The molecular formula is C41H74N12O12. The van der Waals surface area contributed by atoms with Crippen LogP contribution in [0.25, 0.3) is 0 Å². The number of nitrogens with two attached hydrogens (primary N) is 4. The average molecular weight is 927 g/mol. The summed E-state index contributed by atoms with van der Waals surface area (Å²) in [4.78, 5) is 133. The lowest BCUT2D eigenvalue weighted by atomic mass is 9.95. The Morgan fingerprint density at radius 1 is 0.538 bits per heavy atom. The Balaban J connectivity index is 6.65. The summed E-state index contributed by atoms with van der Waals surface area (Å²) in [6.45, 7) is 11.8. The minimum atomic E-state index is -1.46. The third kappa shape index (κ3) is 24.5. The van der Waals surface area contributed by atoms with Crippen molar-refractivity contribution in [1.29, 1.82) is 0 Å². The van der Waals surface area contributed by atoms with Gasteiger partial charge in [0, 0.05) is 26.3 Å². The van der Waals surface area contributed by atoms with Crippen LogP contribution in [0.4, 0.5) is 0 Å². The summed E-state index contributed by atoms with van der Waals surface area (Å²) in [5.74, 6) is -10.4. The van der Waals surface area contributed by atoms with E-state index < -0.39 is 126 Å². The molecule has 24 heteroatoms.